The summed E-state index contributed by atoms with van der Waals surface area (Å²) in [7, 11) is 0. The number of para-hydroxylation sites is 1. The van der Waals surface area contributed by atoms with E-state index in [0.29, 0.717) is 5.56 Å². The fourth-order valence-electron chi connectivity index (χ4n) is 3.59. The normalized spacial score (nSPS) is 13.6. The van der Waals surface area contributed by atoms with Gasteiger partial charge in [-0.2, -0.15) is 0 Å². The summed E-state index contributed by atoms with van der Waals surface area (Å²) in [6.07, 6.45) is 8.08. The van der Waals surface area contributed by atoms with Crippen LogP contribution in [-0.4, -0.2) is 5.91 Å². The number of fused-ring (bicyclic) bond motifs is 6. The van der Waals surface area contributed by atoms with Crippen LogP contribution in [0, 0.1) is 0 Å². The SMILES string of the molecule is O=C(Nc1cccc2c1-c1ccccc1N1C=CC=CN21)c1ccccc1. The maximum absolute atomic E-state index is 12.7. The molecule has 5 rings (SSSR count). The van der Waals surface area contributed by atoms with Gasteiger partial charge in [-0.3, -0.25) is 14.8 Å². The third-order valence-electron chi connectivity index (χ3n) is 4.79. The van der Waals surface area contributed by atoms with Crippen LogP contribution in [0.2, 0.25) is 0 Å². The number of carbonyl (C=O) groups is 1. The molecule has 2 aliphatic rings. The summed E-state index contributed by atoms with van der Waals surface area (Å²) >= 11 is 0. The molecule has 0 saturated heterocycles. The van der Waals surface area contributed by atoms with Gasteiger partial charge >= 0.3 is 0 Å². The number of nitrogens with one attached hydrogen (secondary N) is 1. The molecule has 4 heteroatoms. The highest BCUT2D eigenvalue weighted by Crippen LogP contribution is 2.48. The minimum absolute atomic E-state index is 0.113. The Morgan fingerprint density at radius 2 is 1.37 bits per heavy atom. The number of hydrogen-bond acceptors (Lipinski definition) is 3. The number of amides is 1. The maximum Gasteiger partial charge on any atom is 0.255 e. The maximum atomic E-state index is 12.7. The van der Waals surface area contributed by atoms with Crippen molar-refractivity contribution in [2.75, 3.05) is 15.3 Å². The molecule has 130 valence electrons. The van der Waals surface area contributed by atoms with Gasteiger partial charge in [-0.15, -0.1) is 0 Å². The molecule has 0 fully saturated rings. The Morgan fingerprint density at radius 1 is 0.704 bits per heavy atom. The second kappa shape index (κ2) is 6.18. The van der Waals surface area contributed by atoms with Crippen LogP contribution in [0.3, 0.4) is 0 Å². The molecule has 0 radical (unpaired) electrons. The molecule has 2 heterocycles. The van der Waals surface area contributed by atoms with Gasteiger partial charge in [0.25, 0.3) is 5.91 Å². The van der Waals surface area contributed by atoms with E-state index in [0.717, 1.165) is 28.2 Å². The van der Waals surface area contributed by atoms with Gasteiger partial charge in [-0.05, 0) is 42.5 Å². The van der Waals surface area contributed by atoms with E-state index in [1.165, 1.54) is 0 Å². The first-order valence-electron chi connectivity index (χ1n) is 8.85. The number of hydrogen-bond donors (Lipinski definition) is 1. The van der Waals surface area contributed by atoms with Crippen molar-refractivity contribution < 1.29 is 4.79 Å². The van der Waals surface area contributed by atoms with E-state index in [9.17, 15) is 4.79 Å². The second-order valence-corrected chi connectivity index (χ2v) is 6.41. The molecular formula is C23H17N3O. The van der Waals surface area contributed by atoms with E-state index < -0.39 is 0 Å². The smallest absolute Gasteiger partial charge is 0.255 e. The van der Waals surface area contributed by atoms with Gasteiger partial charge in [0.15, 0.2) is 0 Å². The molecule has 2 aliphatic heterocycles. The van der Waals surface area contributed by atoms with Crippen LogP contribution in [0.5, 0.6) is 0 Å². The Kier molecular flexibility index (Phi) is 3.54. The van der Waals surface area contributed by atoms with E-state index in [1.54, 1.807) is 0 Å². The van der Waals surface area contributed by atoms with E-state index in [1.807, 2.05) is 79.1 Å². The van der Waals surface area contributed by atoms with Crippen molar-refractivity contribution in [3.8, 4) is 11.1 Å². The highest BCUT2D eigenvalue weighted by Gasteiger charge is 2.29. The summed E-state index contributed by atoms with van der Waals surface area (Å²) < 4.78 is 0. The lowest BCUT2D eigenvalue weighted by Crippen LogP contribution is -2.39. The average molecular weight is 351 g/mol. The summed E-state index contributed by atoms with van der Waals surface area (Å²) in [6.45, 7) is 0. The Morgan fingerprint density at radius 3 is 2.19 bits per heavy atom. The van der Waals surface area contributed by atoms with E-state index in [2.05, 4.69) is 33.5 Å². The lowest BCUT2D eigenvalue weighted by molar-refractivity contribution is 0.102. The van der Waals surface area contributed by atoms with Crippen molar-refractivity contribution >= 4 is 23.0 Å². The Hall–Kier alpha value is -3.79. The molecule has 3 aromatic rings. The quantitative estimate of drug-likeness (QED) is 0.690. The molecule has 0 aliphatic carbocycles. The zero-order valence-electron chi connectivity index (χ0n) is 14.5. The first-order chi connectivity index (χ1) is 13.3. The Balaban J connectivity index is 1.64. The fourth-order valence-corrected chi connectivity index (χ4v) is 3.59. The van der Waals surface area contributed by atoms with Gasteiger partial charge in [-0.25, -0.2) is 0 Å². The van der Waals surface area contributed by atoms with Crippen molar-refractivity contribution in [2.45, 2.75) is 0 Å². The highest BCUT2D eigenvalue weighted by molar-refractivity contribution is 6.09. The predicted octanol–water partition coefficient (Wildman–Crippen LogP) is 5.19. The molecule has 0 atom stereocenters. The van der Waals surface area contributed by atoms with Crippen molar-refractivity contribution in [3.63, 3.8) is 0 Å². The molecule has 0 saturated carbocycles. The van der Waals surface area contributed by atoms with Crippen LogP contribution in [0.15, 0.2) is 97.3 Å². The van der Waals surface area contributed by atoms with Gasteiger partial charge in [0.2, 0.25) is 0 Å². The van der Waals surface area contributed by atoms with Crippen LogP contribution < -0.4 is 15.3 Å². The van der Waals surface area contributed by atoms with Gasteiger partial charge in [0.05, 0.1) is 17.1 Å². The predicted molar refractivity (Wildman–Crippen MR) is 110 cm³/mol. The number of hydrazine groups is 1. The average Bonchev–Trinajstić information content (AvgIpc) is 2.74. The summed E-state index contributed by atoms with van der Waals surface area (Å²) in [5.74, 6) is -0.113. The second-order valence-electron chi connectivity index (χ2n) is 6.41. The van der Waals surface area contributed by atoms with Crippen molar-refractivity contribution in [1.29, 1.82) is 0 Å². The Labute approximate surface area is 157 Å². The summed E-state index contributed by atoms with van der Waals surface area (Å²) in [4.78, 5) is 12.7. The monoisotopic (exact) mass is 351 g/mol. The molecule has 4 nitrogen and oxygen atoms in total. The number of rotatable bonds is 2. The van der Waals surface area contributed by atoms with Crippen LogP contribution in [0.1, 0.15) is 10.4 Å². The fraction of sp³-hybridized carbons (Fsp3) is 0. The molecule has 1 amide bonds. The van der Waals surface area contributed by atoms with Gasteiger partial charge < -0.3 is 5.32 Å². The molecule has 3 aromatic carbocycles. The van der Waals surface area contributed by atoms with E-state index >= 15 is 0 Å². The van der Waals surface area contributed by atoms with Crippen LogP contribution in [0.4, 0.5) is 17.1 Å². The van der Waals surface area contributed by atoms with Crippen LogP contribution in [0.25, 0.3) is 11.1 Å². The lowest BCUT2D eigenvalue weighted by Gasteiger charge is -2.41. The van der Waals surface area contributed by atoms with Crippen LogP contribution >= 0.6 is 0 Å². The summed E-state index contributed by atoms with van der Waals surface area (Å²) in [5, 5.41) is 7.30. The van der Waals surface area contributed by atoms with Gasteiger partial charge in [-0.1, -0.05) is 42.5 Å². The number of anilines is 3. The number of allylic oxidation sites excluding steroid dienone is 2. The van der Waals surface area contributed by atoms with E-state index in [-0.39, 0.29) is 5.91 Å². The molecule has 0 spiro atoms. The van der Waals surface area contributed by atoms with Crippen molar-refractivity contribution in [3.05, 3.63) is 103 Å². The number of benzene rings is 3. The first-order valence-corrected chi connectivity index (χ1v) is 8.85. The molecule has 0 unspecified atom stereocenters. The number of carbonyl (C=O) groups excluding carboxylic acids is 1. The molecule has 0 bridgehead atoms. The standard InChI is InChI=1S/C23H17N3O/c27-23(17-9-2-1-3-10-17)24-19-12-8-14-21-22(19)18-11-4-5-13-20(18)25-15-6-7-16-26(21)25/h1-16H,(H,24,27). The third-order valence-corrected chi connectivity index (χ3v) is 4.79. The third kappa shape index (κ3) is 2.50. The zero-order chi connectivity index (χ0) is 18.2. The number of nitrogens with zero attached hydrogens (tertiary/aromatic N) is 2. The Bertz CT molecular complexity index is 1090. The van der Waals surface area contributed by atoms with Crippen LogP contribution in [-0.2, 0) is 0 Å². The molecule has 0 aromatic heterocycles. The van der Waals surface area contributed by atoms with Crippen molar-refractivity contribution in [1.82, 2.24) is 0 Å². The summed E-state index contributed by atoms with van der Waals surface area (Å²) in [6, 6.07) is 23.5. The highest BCUT2D eigenvalue weighted by atomic mass is 16.1. The minimum atomic E-state index is -0.113. The van der Waals surface area contributed by atoms with Crippen molar-refractivity contribution in [2.24, 2.45) is 0 Å². The minimum Gasteiger partial charge on any atom is -0.321 e. The lowest BCUT2D eigenvalue weighted by atomic mass is 9.96. The topological polar surface area (TPSA) is 35.6 Å². The molecule has 1 N–H and O–H groups in total. The van der Waals surface area contributed by atoms with Gasteiger partial charge in [0, 0.05) is 29.1 Å². The van der Waals surface area contributed by atoms with Gasteiger partial charge in [0.1, 0.15) is 0 Å². The van der Waals surface area contributed by atoms with E-state index in [4.69, 9.17) is 0 Å². The largest absolute Gasteiger partial charge is 0.321 e. The molecular weight excluding hydrogens is 334 g/mol. The first kappa shape index (κ1) is 15.5. The molecule has 27 heavy (non-hydrogen) atoms. The summed E-state index contributed by atoms with van der Waals surface area (Å²) in [5.41, 5.74) is 5.66. The zero-order valence-corrected chi connectivity index (χ0v) is 14.5.